The Bertz CT molecular complexity index is 475. The van der Waals surface area contributed by atoms with Gasteiger partial charge in [-0.05, 0) is 56.9 Å². The number of likely N-dealkylation sites (tertiary alicyclic amines) is 1. The molecule has 2 atom stereocenters. The van der Waals surface area contributed by atoms with Gasteiger partial charge in [0.15, 0.2) is 0 Å². The summed E-state index contributed by atoms with van der Waals surface area (Å²) in [5.74, 6) is 0.0717. The normalized spacial score (nSPS) is 23.5. The van der Waals surface area contributed by atoms with Gasteiger partial charge >= 0.3 is 0 Å². The lowest BCUT2D eigenvalue weighted by Gasteiger charge is -2.40. The third-order valence-electron chi connectivity index (χ3n) is 3.94. The molecule has 19 heavy (non-hydrogen) atoms. The first-order valence-electron chi connectivity index (χ1n) is 6.83. The Morgan fingerprint density at radius 1 is 1.47 bits per heavy atom. The number of piperidine rings is 1. The van der Waals surface area contributed by atoms with Gasteiger partial charge in [-0.1, -0.05) is 11.6 Å². The molecule has 1 heterocycles. The number of nitrogens with two attached hydrogens (primary N) is 1. The van der Waals surface area contributed by atoms with E-state index in [2.05, 4.69) is 6.92 Å². The lowest BCUT2D eigenvalue weighted by molar-refractivity contribution is 0.0494. The third-order valence-corrected chi connectivity index (χ3v) is 4.36. The van der Waals surface area contributed by atoms with Crippen molar-refractivity contribution in [1.82, 2.24) is 4.90 Å². The van der Waals surface area contributed by atoms with Crippen molar-refractivity contribution in [3.05, 3.63) is 34.3 Å². The SMILES string of the molecule is Cc1cc(C(=O)N2C(C)CCCC2CN)ccc1Cl. The maximum atomic E-state index is 12.7. The summed E-state index contributed by atoms with van der Waals surface area (Å²) in [4.78, 5) is 14.6. The fourth-order valence-corrected chi connectivity index (χ4v) is 2.93. The molecule has 0 saturated carbocycles. The number of amides is 1. The maximum absolute atomic E-state index is 12.7. The summed E-state index contributed by atoms with van der Waals surface area (Å²) in [7, 11) is 0. The topological polar surface area (TPSA) is 46.3 Å². The molecule has 1 aromatic carbocycles. The van der Waals surface area contributed by atoms with E-state index in [1.54, 1.807) is 12.1 Å². The smallest absolute Gasteiger partial charge is 0.254 e. The average molecular weight is 281 g/mol. The Kier molecular flexibility index (Phi) is 4.48. The molecule has 0 bridgehead atoms. The van der Waals surface area contributed by atoms with E-state index >= 15 is 0 Å². The van der Waals surface area contributed by atoms with Gasteiger partial charge in [-0.3, -0.25) is 4.79 Å². The van der Waals surface area contributed by atoms with E-state index in [1.165, 1.54) is 0 Å². The van der Waals surface area contributed by atoms with E-state index in [0.29, 0.717) is 17.1 Å². The molecule has 1 saturated heterocycles. The van der Waals surface area contributed by atoms with Crippen molar-refractivity contribution in [2.75, 3.05) is 6.54 Å². The van der Waals surface area contributed by atoms with Crippen LogP contribution in [0.1, 0.15) is 42.1 Å². The highest BCUT2D eigenvalue weighted by Gasteiger charge is 2.31. The summed E-state index contributed by atoms with van der Waals surface area (Å²) in [6.07, 6.45) is 3.19. The second-order valence-corrected chi connectivity index (χ2v) is 5.75. The quantitative estimate of drug-likeness (QED) is 0.905. The molecule has 0 spiro atoms. The molecule has 4 heteroatoms. The van der Waals surface area contributed by atoms with Crippen LogP contribution in [0.3, 0.4) is 0 Å². The molecule has 0 aromatic heterocycles. The van der Waals surface area contributed by atoms with Crippen molar-refractivity contribution in [2.45, 2.75) is 45.2 Å². The number of benzene rings is 1. The number of hydrogen-bond donors (Lipinski definition) is 1. The lowest BCUT2D eigenvalue weighted by atomic mass is 9.95. The fourth-order valence-electron chi connectivity index (χ4n) is 2.81. The second kappa shape index (κ2) is 5.93. The molecule has 1 amide bonds. The Morgan fingerprint density at radius 3 is 2.84 bits per heavy atom. The van der Waals surface area contributed by atoms with Crippen molar-refractivity contribution < 1.29 is 4.79 Å². The van der Waals surface area contributed by atoms with Crippen molar-refractivity contribution >= 4 is 17.5 Å². The minimum absolute atomic E-state index is 0.0717. The highest BCUT2D eigenvalue weighted by atomic mass is 35.5. The van der Waals surface area contributed by atoms with Crippen LogP contribution in [0.25, 0.3) is 0 Å². The number of aryl methyl sites for hydroxylation is 1. The summed E-state index contributed by atoms with van der Waals surface area (Å²) >= 11 is 6.01. The van der Waals surface area contributed by atoms with E-state index in [4.69, 9.17) is 17.3 Å². The molecule has 2 unspecified atom stereocenters. The van der Waals surface area contributed by atoms with Gasteiger partial charge in [0.25, 0.3) is 5.91 Å². The van der Waals surface area contributed by atoms with Gasteiger partial charge in [0.05, 0.1) is 0 Å². The van der Waals surface area contributed by atoms with Crippen LogP contribution in [0, 0.1) is 6.92 Å². The zero-order valence-electron chi connectivity index (χ0n) is 11.5. The van der Waals surface area contributed by atoms with Crippen LogP contribution in [-0.2, 0) is 0 Å². The van der Waals surface area contributed by atoms with E-state index in [1.807, 2.05) is 17.9 Å². The van der Waals surface area contributed by atoms with Crippen molar-refractivity contribution in [1.29, 1.82) is 0 Å². The Hall–Kier alpha value is -1.06. The van der Waals surface area contributed by atoms with Gasteiger partial charge < -0.3 is 10.6 Å². The summed E-state index contributed by atoms with van der Waals surface area (Å²) in [5, 5.41) is 0.693. The van der Waals surface area contributed by atoms with Crippen molar-refractivity contribution in [3.8, 4) is 0 Å². The first-order valence-corrected chi connectivity index (χ1v) is 7.21. The number of carbonyl (C=O) groups is 1. The first kappa shape index (κ1) is 14.4. The average Bonchev–Trinajstić information content (AvgIpc) is 2.40. The zero-order valence-corrected chi connectivity index (χ0v) is 12.3. The Balaban J connectivity index is 2.27. The van der Waals surface area contributed by atoms with Crippen molar-refractivity contribution in [2.24, 2.45) is 5.73 Å². The fraction of sp³-hybridized carbons (Fsp3) is 0.533. The van der Waals surface area contributed by atoms with Crippen LogP contribution in [0.15, 0.2) is 18.2 Å². The van der Waals surface area contributed by atoms with Gasteiger partial charge in [-0.15, -0.1) is 0 Å². The zero-order chi connectivity index (χ0) is 14.0. The second-order valence-electron chi connectivity index (χ2n) is 5.35. The summed E-state index contributed by atoms with van der Waals surface area (Å²) in [6, 6.07) is 5.86. The van der Waals surface area contributed by atoms with Gasteiger partial charge in [0.1, 0.15) is 0 Å². The predicted molar refractivity (Wildman–Crippen MR) is 78.5 cm³/mol. The van der Waals surface area contributed by atoms with Crippen LogP contribution in [0.4, 0.5) is 0 Å². The van der Waals surface area contributed by atoms with E-state index < -0.39 is 0 Å². The maximum Gasteiger partial charge on any atom is 0.254 e. The van der Waals surface area contributed by atoms with Crippen LogP contribution < -0.4 is 5.73 Å². The van der Waals surface area contributed by atoms with Crippen LogP contribution >= 0.6 is 11.6 Å². The van der Waals surface area contributed by atoms with E-state index in [-0.39, 0.29) is 18.0 Å². The molecule has 1 aliphatic heterocycles. The minimum atomic E-state index is 0.0717. The summed E-state index contributed by atoms with van der Waals surface area (Å²) in [6.45, 7) is 4.55. The molecule has 0 radical (unpaired) electrons. The molecule has 1 fully saturated rings. The largest absolute Gasteiger partial charge is 0.332 e. The van der Waals surface area contributed by atoms with Gasteiger partial charge in [0, 0.05) is 29.2 Å². The number of rotatable bonds is 2. The molecule has 0 aliphatic carbocycles. The molecule has 1 aromatic rings. The van der Waals surface area contributed by atoms with Crippen LogP contribution in [0.2, 0.25) is 5.02 Å². The lowest BCUT2D eigenvalue weighted by Crippen LogP contribution is -2.51. The monoisotopic (exact) mass is 280 g/mol. The highest BCUT2D eigenvalue weighted by molar-refractivity contribution is 6.31. The van der Waals surface area contributed by atoms with Crippen LogP contribution in [0.5, 0.6) is 0 Å². The first-order chi connectivity index (χ1) is 9.04. The molecule has 1 aliphatic rings. The molecule has 2 N–H and O–H groups in total. The van der Waals surface area contributed by atoms with Gasteiger partial charge in [-0.25, -0.2) is 0 Å². The molecular formula is C15H21ClN2O. The minimum Gasteiger partial charge on any atom is -0.332 e. The van der Waals surface area contributed by atoms with Crippen LogP contribution in [-0.4, -0.2) is 29.4 Å². The summed E-state index contributed by atoms with van der Waals surface area (Å²) in [5.41, 5.74) is 7.45. The predicted octanol–water partition coefficient (Wildman–Crippen LogP) is 2.99. The Morgan fingerprint density at radius 2 is 2.21 bits per heavy atom. The van der Waals surface area contributed by atoms with Gasteiger partial charge in [-0.2, -0.15) is 0 Å². The van der Waals surface area contributed by atoms with E-state index in [0.717, 1.165) is 24.8 Å². The number of nitrogens with zero attached hydrogens (tertiary/aromatic N) is 1. The number of halogens is 1. The van der Waals surface area contributed by atoms with E-state index in [9.17, 15) is 4.79 Å². The summed E-state index contributed by atoms with van der Waals surface area (Å²) < 4.78 is 0. The standard InChI is InChI=1S/C15H21ClN2O/c1-10-8-12(6-7-14(10)16)15(19)18-11(2)4-3-5-13(18)9-17/h6-8,11,13H,3-5,9,17H2,1-2H3. The third kappa shape index (κ3) is 2.93. The number of hydrogen-bond acceptors (Lipinski definition) is 2. The molecule has 3 nitrogen and oxygen atoms in total. The molecule has 2 rings (SSSR count). The Labute approximate surface area is 119 Å². The highest BCUT2D eigenvalue weighted by Crippen LogP contribution is 2.25. The van der Waals surface area contributed by atoms with Gasteiger partial charge in [0.2, 0.25) is 0 Å². The molecular weight excluding hydrogens is 260 g/mol. The van der Waals surface area contributed by atoms with Crippen molar-refractivity contribution in [3.63, 3.8) is 0 Å². The molecule has 104 valence electrons. The number of carbonyl (C=O) groups excluding carboxylic acids is 1.